The molecule has 146 valence electrons. The van der Waals surface area contributed by atoms with Crippen molar-refractivity contribution in [1.82, 2.24) is 30.0 Å². The Morgan fingerprint density at radius 3 is 3.00 bits per heavy atom. The zero-order valence-electron chi connectivity index (χ0n) is 15.5. The molecular formula is C18H19FN6O3. The molecule has 1 amide bonds. The van der Waals surface area contributed by atoms with Gasteiger partial charge in [0, 0.05) is 25.1 Å². The number of hydrogen-bond acceptors (Lipinski definition) is 7. The van der Waals surface area contributed by atoms with Crippen LogP contribution >= 0.6 is 0 Å². The highest BCUT2D eigenvalue weighted by Gasteiger charge is 2.29. The van der Waals surface area contributed by atoms with Crippen LogP contribution in [0, 0.1) is 5.82 Å². The van der Waals surface area contributed by atoms with Crippen molar-refractivity contribution in [1.29, 1.82) is 0 Å². The van der Waals surface area contributed by atoms with Crippen LogP contribution in [0.15, 0.2) is 28.9 Å². The van der Waals surface area contributed by atoms with Gasteiger partial charge in [-0.1, -0.05) is 17.3 Å². The molecule has 1 saturated heterocycles. The lowest BCUT2D eigenvalue weighted by Crippen LogP contribution is -2.29. The van der Waals surface area contributed by atoms with Crippen molar-refractivity contribution in [2.24, 2.45) is 0 Å². The molecule has 1 aromatic carbocycles. The zero-order chi connectivity index (χ0) is 19.7. The minimum atomic E-state index is -0.559. The zero-order valence-corrected chi connectivity index (χ0v) is 15.5. The van der Waals surface area contributed by atoms with Crippen molar-refractivity contribution in [3.63, 3.8) is 0 Å². The highest BCUT2D eigenvalue weighted by molar-refractivity contribution is 5.94. The number of hydrogen-bond donors (Lipinski definition) is 0. The smallest absolute Gasteiger partial charge is 0.280 e. The van der Waals surface area contributed by atoms with E-state index in [0.29, 0.717) is 36.9 Å². The molecule has 0 aliphatic carbocycles. The average molecular weight is 386 g/mol. The van der Waals surface area contributed by atoms with Crippen LogP contribution in [0.3, 0.4) is 0 Å². The molecule has 2 aromatic heterocycles. The summed E-state index contributed by atoms with van der Waals surface area (Å²) < 4.78 is 25.7. The maximum absolute atomic E-state index is 13.9. The number of benzene rings is 1. The first-order valence-corrected chi connectivity index (χ1v) is 8.96. The highest BCUT2D eigenvalue weighted by atomic mass is 19.1. The Labute approximate surface area is 160 Å². The number of halogens is 1. The minimum absolute atomic E-state index is 0.0261. The summed E-state index contributed by atoms with van der Waals surface area (Å²) in [4.78, 5) is 18.6. The molecule has 4 rings (SSSR count). The van der Waals surface area contributed by atoms with Gasteiger partial charge in [0.1, 0.15) is 0 Å². The maximum atomic E-state index is 13.9. The number of carbonyl (C=O) groups is 1. The Hall–Kier alpha value is -3.30. The molecular weight excluding hydrogens is 367 g/mol. The van der Waals surface area contributed by atoms with E-state index >= 15 is 0 Å². The monoisotopic (exact) mass is 386 g/mol. The van der Waals surface area contributed by atoms with Crippen LogP contribution in [-0.4, -0.2) is 56.1 Å². The summed E-state index contributed by atoms with van der Waals surface area (Å²) in [6, 6.07) is 4.19. The standard InChI is InChI=1S/C18H19FN6O3/c1-3-16-20-17(28-22-16)14-10-25(23-21-14)12-6-7-24(9-12)18(26)11-4-5-15(27-2)13(19)8-11/h4-5,8,10,12H,3,6-7,9H2,1-2H3/t12-/m0/s1. The Bertz CT molecular complexity index is 1000. The average Bonchev–Trinajstić information content (AvgIpc) is 3.46. The molecule has 28 heavy (non-hydrogen) atoms. The van der Waals surface area contributed by atoms with Crippen LogP contribution in [-0.2, 0) is 6.42 Å². The quantitative estimate of drug-likeness (QED) is 0.662. The third-order valence-corrected chi connectivity index (χ3v) is 4.74. The van der Waals surface area contributed by atoms with E-state index in [2.05, 4.69) is 20.5 Å². The summed E-state index contributed by atoms with van der Waals surface area (Å²) in [5.74, 6) is 0.250. The Morgan fingerprint density at radius 1 is 1.43 bits per heavy atom. The second-order valence-corrected chi connectivity index (χ2v) is 6.50. The lowest BCUT2D eigenvalue weighted by Gasteiger charge is -2.17. The summed E-state index contributed by atoms with van der Waals surface area (Å²) in [6.07, 6.45) is 3.12. The first-order valence-electron chi connectivity index (χ1n) is 8.96. The fraction of sp³-hybridized carbons (Fsp3) is 0.389. The predicted molar refractivity (Wildman–Crippen MR) is 95.2 cm³/mol. The molecule has 1 aliphatic heterocycles. The molecule has 1 aliphatic rings. The fourth-order valence-corrected chi connectivity index (χ4v) is 3.18. The maximum Gasteiger partial charge on any atom is 0.280 e. The molecule has 0 N–H and O–H groups in total. The molecule has 0 spiro atoms. The number of aromatic nitrogens is 5. The molecule has 0 radical (unpaired) electrons. The summed E-state index contributed by atoms with van der Waals surface area (Å²) in [6.45, 7) is 2.94. The lowest BCUT2D eigenvalue weighted by atomic mass is 10.2. The SMILES string of the molecule is CCc1noc(-c2cn([C@H]3CCN(C(=O)c4ccc(OC)c(F)c4)C3)nn2)n1. The van der Waals surface area contributed by atoms with Crippen LogP contribution in [0.4, 0.5) is 4.39 Å². The van der Waals surface area contributed by atoms with Gasteiger partial charge in [-0.3, -0.25) is 4.79 Å². The molecule has 9 nitrogen and oxygen atoms in total. The van der Waals surface area contributed by atoms with Gasteiger partial charge in [-0.05, 0) is 24.6 Å². The third-order valence-electron chi connectivity index (χ3n) is 4.74. The van der Waals surface area contributed by atoms with Crippen LogP contribution in [0.2, 0.25) is 0 Å². The van der Waals surface area contributed by atoms with Gasteiger partial charge < -0.3 is 14.2 Å². The molecule has 3 heterocycles. The molecule has 1 atom stereocenters. The van der Waals surface area contributed by atoms with E-state index in [9.17, 15) is 9.18 Å². The normalized spacial score (nSPS) is 16.5. The molecule has 0 saturated carbocycles. The third kappa shape index (κ3) is 3.32. The number of rotatable bonds is 5. The van der Waals surface area contributed by atoms with Crippen LogP contribution in [0.5, 0.6) is 5.75 Å². The van der Waals surface area contributed by atoms with Gasteiger partial charge in [0.05, 0.1) is 19.3 Å². The van der Waals surface area contributed by atoms with Gasteiger partial charge >= 0.3 is 0 Å². The van der Waals surface area contributed by atoms with Gasteiger partial charge in [-0.25, -0.2) is 9.07 Å². The summed E-state index contributed by atoms with van der Waals surface area (Å²) in [7, 11) is 1.38. The summed E-state index contributed by atoms with van der Waals surface area (Å²) in [5.41, 5.74) is 0.783. The van der Waals surface area contributed by atoms with E-state index < -0.39 is 5.82 Å². The van der Waals surface area contributed by atoms with E-state index in [1.165, 1.54) is 19.2 Å². The molecule has 1 fully saturated rings. The van der Waals surface area contributed by atoms with E-state index in [-0.39, 0.29) is 23.3 Å². The molecule has 0 bridgehead atoms. The Morgan fingerprint density at radius 2 is 2.29 bits per heavy atom. The van der Waals surface area contributed by atoms with Crippen molar-refractivity contribution in [3.05, 3.63) is 41.6 Å². The minimum Gasteiger partial charge on any atom is -0.494 e. The molecule has 10 heteroatoms. The van der Waals surface area contributed by atoms with Gasteiger partial charge in [-0.15, -0.1) is 5.10 Å². The van der Waals surface area contributed by atoms with E-state index in [1.807, 2.05) is 6.92 Å². The number of aryl methyl sites for hydroxylation is 1. The van der Waals surface area contributed by atoms with Gasteiger partial charge in [0.15, 0.2) is 23.1 Å². The van der Waals surface area contributed by atoms with Crippen LogP contribution in [0.1, 0.15) is 35.6 Å². The largest absolute Gasteiger partial charge is 0.494 e. The van der Waals surface area contributed by atoms with Gasteiger partial charge in [0.2, 0.25) is 0 Å². The summed E-state index contributed by atoms with van der Waals surface area (Å²) >= 11 is 0. The topological polar surface area (TPSA) is 99.2 Å². The number of ether oxygens (including phenoxy) is 1. The Balaban J connectivity index is 1.45. The van der Waals surface area contributed by atoms with E-state index in [1.54, 1.807) is 21.8 Å². The van der Waals surface area contributed by atoms with Crippen molar-refractivity contribution in [3.8, 4) is 17.3 Å². The number of nitrogens with zero attached hydrogens (tertiary/aromatic N) is 6. The highest BCUT2D eigenvalue weighted by Crippen LogP contribution is 2.25. The number of likely N-dealkylation sites (tertiary alicyclic amines) is 1. The number of methoxy groups -OCH3 is 1. The predicted octanol–water partition coefficient (Wildman–Crippen LogP) is 2.13. The van der Waals surface area contributed by atoms with Crippen molar-refractivity contribution < 1.29 is 18.4 Å². The number of carbonyl (C=O) groups excluding carboxylic acids is 1. The summed E-state index contributed by atoms with van der Waals surface area (Å²) in [5, 5.41) is 12.1. The molecule has 3 aromatic rings. The Kier molecular flexibility index (Phi) is 4.76. The van der Waals surface area contributed by atoms with Crippen LogP contribution in [0.25, 0.3) is 11.6 Å². The second kappa shape index (κ2) is 7.37. The van der Waals surface area contributed by atoms with Gasteiger partial charge in [-0.2, -0.15) is 4.98 Å². The molecule has 0 unspecified atom stereocenters. The first kappa shape index (κ1) is 18.1. The second-order valence-electron chi connectivity index (χ2n) is 6.50. The number of amides is 1. The van der Waals surface area contributed by atoms with Gasteiger partial charge in [0.25, 0.3) is 11.8 Å². The first-order chi connectivity index (χ1) is 13.6. The van der Waals surface area contributed by atoms with Crippen LogP contribution < -0.4 is 4.74 Å². The van der Waals surface area contributed by atoms with Crippen molar-refractivity contribution in [2.45, 2.75) is 25.8 Å². The fourth-order valence-electron chi connectivity index (χ4n) is 3.18. The van der Waals surface area contributed by atoms with E-state index in [0.717, 1.165) is 6.42 Å². The van der Waals surface area contributed by atoms with Crippen molar-refractivity contribution in [2.75, 3.05) is 20.2 Å². The van der Waals surface area contributed by atoms with E-state index in [4.69, 9.17) is 9.26 Å². The van der Waals surface area contributed by atoms with Crippen molar-refractivity contribution >= 4 is 5.91 Å². The lowest BCUT2D eigenvalue weighted by molar-refractivity contribution is 0.0786.